The van der Waals surface area contributed by atoms with E-state index < -0.39 is 6.10 Å². The summed E-state index contributed by atoms with van der Waals surface area (Å²) in [6.45, 7) is 7.19. The largest absolute Gasteiger partial charge is 0.465 e. The number of aliphatic hydroxyl groups excluding tert-OH is 1. The van der Waals surface area contributed by atoms with E-state index in [1.165, 1.54) is 0 Å². The molecule has 118 valence electrons. The first-order valence-corrected chi connectivity index (χ1v) is 7.34. The second-order valence-electron chi connectivity index (χ2n) is 5.29. The van der Waals surface area contributed by atoms with Crippen LogP contribution in [0, 0.1) is 0 Å². The Bertz CT molecular complexity index is 432. The molecule has 0 aliphatic carbocycles. The summed E-state index contributed by atoms with van der Waals surface area (Å²) in [6.07, 6.45) is -0.645. The van der Waals surface area contributed by atoms with Gasteiger partial charge in [0.25, 0.3) is 0 Å². The predicted molar refractivity (Wildman–Crippen MR) is 82.6 cm³/mol. The maximum absolute atomic E-state index is 11.6. The van der Waals surface area contributed by atoms with Crippen LogP contribution in [0.3, 0.4) is 0 Å². The first kappa shape index (κ1) is 17.6. The smallest absolute Gasteiger partial charge is 0.320 e. The molecule has 0 fully saturated rings. The van der Waals surface area contributed by atoms with Crippen molar-refractivity contribution in [1.82, 2.24) is 4.90 Å². The van der Waals surface area contributed by atoms with Crippen molar-refractivity contribution in [3.05, 3.63) is 35.4 Å². The monoisotopic (exact) mass is 294 g/mol. The molecule has 3 N–H and O–H groups in total. The molecule has 0 amide bonds. The summed E-state index contributed by atoms with van der Waals surface area (Å²) < 4.78 is 4.96. The van der Waals surface area contributed by atoms with Crippen molar-refractivity contribution in [2.45, 2.75) is 39.5 Å². The molecule has 1 aromatic carbocycles. The summed E-state index contributed by atoms with van der Waals surface area (Å²) >= 11 is 0. The number of rotatable bonds is 8. The number of nitrogens with zero attached hydrogens (tertiary/aromatic N) is 1. The topological polar surface area (TPSA) is 75.8 Å². The highest BCUT2D eigenvalue weighted by molar-refractivity contribution is 5.71. The van der Waals surface area contributed by atoms with Crippen LogP contribution in [0.2, 0.25) is 0 Å². The van der Waals surface area contributed by atoms with Gasteiger partial charge in [0.2, 0.25) is 0 Å². The van der Waals surface area contributed by atoms with E-state index in [2.05, 4.69) is 0 Å². The Hall–Kier alpha value is -1.43. The third-order valence-electron chi connectivity index (χ3n) is 3.38. The van der Waals surface area contributed by atoms with Gasteiger partial charge in [0, 0.05) is 19.1 Å². The lowest BCUT2D eigenvalue weighted by Crippen LogP contribution is -2.39. The summed E-state index contributed by atoms with van der Waals surface area (Å²) in [5.74, 6) is -0.267. The van der Waals surface area contributed by atoms with Gasteiger partial charge in [0.1, 0.15) is 0 Å². The van der Waals surface area contributed by atoms with Crippen LogP contribution in [0.15, 0.2) is 24.3 Å². The number of esters is 1. The molecule has 1 unspecified atom stereocenters. The summed E-state index contributed by atoms with van der Waals surface area (Å²) in [5.41, 5.74) is 7.40. The van der Waals surface area contributed by atoms with Crippen LogP contribution in [0.1, 0.15) is 38.0 Å². The molecular weight excluding hydrogens is 268 g/mol. The Morgan fingerprint density at radius 2 is 1.95 bits per heavy atom. The van der Waals surface area contributed by atoms with Gasteiger partial charge in [0.15, 0.2) is 0 Å². The number of hydrogen-bond donors (Lipinski definition) is 2. The van der Waals surface area contributed by atoms with Gasteiger partial charge in [-0.3, -0.25) is 9.69 Å². The summed E-state index contributed by atoms with van der Waals surface area (Å²) in [5, 5.41) is 10.3. The first-order valence-electron chi connectivity index (χ1n) is 7.34. The third-order valence-corrected chi connectivity index (χ3v) is 3.38. The van der Waals surface area contributed by atoms with Crippen molar-refractivity contribution in [3.63, 3.8) is 0 Å². The van der Waals surface area contributed by atoms with Crippen LogP contribution >= 0.6 is 0 Å². The van der Waals surface area contributed by atoms with Crippen LogP contribution in [0.25, 0.3) is 0 Å². The number of ether oxygens (including phenoxy) is 1. The van der Waals surface area contributed by atoms with Crippen molar-refractivity contribution >= 4 is 5.97 Å². The average Bonchev–Trinajstić information content (AvgIpc) is 2.46. The van der Waals surface area contributed by atoms with Gasteiger partial charge in [-0.25, -0.2) is 0 Å². The fourth-order valence-corrected chi connectivity index (χ4v) is 2.03. The van der Waals surface area contributed by atoms with Crippen LogP contribution in [-0.2, 0) is 16.1 Å². The van der Waals surface area contributed by atoms with Gasteiger partial charge in [-0.1, -0.05) is 24.3 Å². The van der Waals surface area contributed by atoms with E-state index in [4.69, 9.17) is 10.5 Å². The molecule has 0 radical (unpaired) electrons. The zero-order valence-electron chi connectivity index (χ0n) is 13.1. The minimum Gasteiger partial charge on any atom is -0.465 e. The maximum Gasteiger partial charge on any atom is 0.320 e. The highest BCUT2D eigenvalue weighted by atomic mass is 16.5. The number of hydrogen-bond acceptors (Lipinski definition) is 5. The van der Waals surface area contributed by atoms with Gasteiger partial charge in [-0.05, 0) is 31.9 Å². The van der Waals surface area contributed by atoms with Crippen molar-refractivity contribution in [1.29, 1.82) is 0 Å². The minimum absolute atomic E-state index is 0.146. The van der Waals surface area contributed by atoms with Crippen molar-refractivity contribution < 1.29 is 14.6 Å². The van der Waals surface area contributed by atoms with Gasteiger partial charge in [-0.15, -0.1) is 0 Å². The quantitative estimate of drug-likeness (QED) is 0.710. The standard InChI is InChI=1S/C16H26N2O3/c1-4-21-16(20)11-18(12(2)3)10-15(19)14-7-5-13(9-17)6-8-14/h5-8,12,15,19H,4,9-11,17H2,1-3H3. The predicted octanol–water partition coefficient (Wildman–Crippen LogP) is 1.45. The zero-order chi connectivity index (χ0) is 15.8. The van der Waals surface area contributed by atoms with E-state index in [9.17, 15) is 9.90 Å². The first-order chi connectivity index (χ1) is 9.97. The molecule has 0 saturated carbocycles. The third kappa shape index (κ3) is 5.83. The molecule has 1 aromatic rings. The Kier molecular flexibility index (Phi) is 7.36. The lowest BCUT2D eigenvalue weighted by molar-refractivity contribution is -0.145. The number of carbonyl (C=O) groups excluding carboxylic acids is 1. The zero-order valence-corrected chi connectivity index (χ0v) is 13.1. The molecule has 1 rings (SSSR count). The lowest BCUT2D eigenvalue weighted by Gasteiger charge is -2.27. The number of carbonyl (C=O) groups is 1. The van der Waals surface area contributed by atoms with E-state index in [1.54, 1.807) is 6.92 Å². The second-order valence-corrected chi connectivity index (χ2v) is 5.29. The second kappa shape index (κ2) is 8.77. The molecule has 0 heterocycles. The Labute approximate surface area is 126 Å². The summed E-state index contributed by atoms with van der Waals surface area (Å²) in [6, 6.07) is 7.70. The Morgan fingerprint density at radius 1 is 1.33 bits per heavy atom. The normalized spacial score (nSPS) is 12.7. The molecule has 5 heteroatoms. The Morgan fingerprint density at radius 3 is 2.43 bits per heavy atom. The molecule has 0 aliphatic heterocycles. The average molecular weight is 294 g/mol. The maximum atomic E-state index is 11.6. The van der Waals surface area contributed by atoms with Gasteiger partial charge in [-0.2, -0.15) is 0 Å². The fraction of sp³-hybridized carbons (Fsp3) is 0.562. The molecule has 21 heavy (non-hydrogen) atoms. The van der Waals surface area contributed by atoms with E-state index in [0.717, 1.165) is 11.1 Å². The molecule has 0 spiro atoms. The summed E-state index contributed by atoms with van der Waals surface area (Å²) in [7, 11) is 0. The van der Waals surface area contributed by atoms with Gasteiger partial charge in [0.05, 0.1) is 19.3 Å². The van der Waals surface area contributed by atoms with Crippen LogP contribution in [0.5, 0.6) is 0 Å². The number of nitrogens with two attached hydrogens (primary N) is 1. The highest BCUT2D eigenvalue weighted by Crippen LogP contribution is 2.16. The van der Waals surface area contributed by atoms with E-state index in [-0.39, 0.29) is 18.6 Å². The van der Waals surface area contributed by atoms with E-state index in [0.29, 0.717) is 19.7 Å². The molecule has 0 bridgehead atoms. The molecule has 5 nitrogen and oxygen atoms in total. The SMILES string of the molecule is CCOC(=O)CN(CC(O)c1ccc(CN)cc1)C(C)C. The lowest BCUT2D eigenvalue weighted by atomic mass is 10.1. The van der Waals surface area contributed by atoms with Gasteiger partial charge >= 0.3 is 5.97 Å². The molecule has 0 saturated heterocycles. The van der Waals surface area contributed by atoms with Crippen molar-refractivity contribution in [3.8, 4) is 0 Å². The van der Waals surface area contributed by atoms with Crippen molar-refractivity contribution in [2.75, 3.05) is 19.7 Å². The Balaban J connectivity index is 2.66. The molecule has 1 atom stereocenters. The van der Waals surface area contributed by atoms with Crippen LogP contribution < -0.4 is 5.73 Å². The molecular formula is C16H26N2O3. The van der Waals surface area contributed by atoms with Crippen LogP contribution in [-0.4, -0.2) is 41.7 Å². The van der Waals surface area contributed by atoms with Crippen molar-refractivity contribution in [2.24, 2.45) is 5.73 Å². The van der Waals surface area contributed by atoms with E-state index >= 15 is 0 Å². The summed E-state index contributed by atoms with van der Waals surface area (Å²) in [4.78, 5) is 13.5. The molecule has 0 aliphatic rings. The van der Waals surface area contributed by atoms with Crippen LogP contribution in [0.4, 0.5) is 0 Å². The van der Waals surface area contributed by atoms with E-state index in [1.807, 2.05) is 43.0 Å². The fourth-order valence-electron chi connectivity index (χ4n) is 2.03. The molecule has 0 aromatic heterocycles. The highest BCUT2D eigenvalue weighted by Gasteiger charge is 2.19. The van der Waals surface area contributed by atoms with Gasteiger partial charge < -0.3 is 15.6 Å². The number of benzene rings is 1. The minimum atomic E-state index is -0.645. The number of aliphatic hydroxyl groups is 1.